The summed E-state index contributed by atoms with van der Waals surface area (Å²) in [5, 5.41) is 13.7. The number of hydrogen-bond acceptors (Lipinski definition) is 3. The molecule has 0 aliphatic heterocycles. The molecule has 4 heteroatoms. The van der Waals surface area contributed by atoms with Gasteiger partial charge in [-0.2, -0.15) is 5.10 Å². The number of nitrogens with zero attached hydrogens (tertiary/aromatic N) is 2. The van der Waals surface area contributed by atoms with Crippen molar-refractivity contribution in [1.29, 1.82) is 0 Å². The minimum absolute atomic E-state index is 0.264. The first-order valence-electron chi connectivity index (χ1n) is 3.96. The lowest BCUT2D eigenvalue weighted by Crippen LogP contribution is -2.26. The highest BCUT2D eigenvalue weighted by atomic mass is 16.3. The Bertz CT molecular complexity index is 267. The fourth-order valence-corrected chi connectivity index (χ4v) is 1.18. The van der Waals surface area contributed by atoms with E-state index in [9.17, 15) is 5.11 Å². The summed E-state index contributed by atoms with van der Waals surface area (Å²) in [5.74, 6) is 0. The van der Waals surface area contributed by atoms with Gasteiger partial charge in [0.15, 0.2) is 0 Å². The SMILES string of the molecule is Cc1cc(C(O)C(C)N)n(C)n1. The van der Waals surface area contributed by atoms with Crippen LogP contribution in [0.1, 0.15) is 24.4 Å². The normalized spacial score (nSPS) is 16.1. The van der Waals surface area contributed by atoms with Gasteiger partial charge in [-0.3, -0.25) is 4.68 Å². The van der Waals surface area contributed by atoms with E-state index in [1.54, 1.807) is 18.7 Å². The van der Waals surface area contributed by atoms with Crippen LogP contribution in [0.4, 0.5) is 0 Å². The van der Waals surface area contributed by atoms with Crippen molar-refractivity contribution in [3.05, 3.63) is 17.5 Å². The minimum atomic E-state index is -0.629. The topological polar surface area (TPSA) is 64.1 Å². The summed E-state index contributed by atoms with van der Waals surface area (Å²) in [7, 11) is 1.80. The summed E-state index contributed by atoms with van der Waals surface area (Å²) in [6.07, 6.45) is -0.629. The van der Waals surface area contributed by atoms with Crippen LogP contribution in [0.3, 0.4) is 0 Å². The van der Waals surface area contributed by atoms with Gasteiger partial charge < -0.3 is 10.8 Å². The Hall–Kier alpha value is -0.870. The first-order chi connectivity index (χ1) is 5.52. The van der Waals surface area contributed by atoms with E-state index in [0.29, 0.717) is 0 Å². The van der Waals surface area contributed by atoms with Gasteiger partial charge in [0.2, 0.25) is 0 Å². The van der Waals surface area contributed by atoms with Crippen molar-refractivity contribution >= 4 is 0 Å². The highest BCUT2D eigenvalue weighted by Crippen LogP contribution is 2.15. The molecule has 1 rings (SSSR count). The Morgan fingerprint density at radius 2 is 2.25 bits per heavy atom. The zero-order chi connectivity index (χ0) is 9.30. The predicted molar refractivity (Wildman–Crippen MR) is 46.6 cm³/mol. The van der Waals surface area contributed by atoms with Crippen molar-refractivity contribution in [2.24, 2.45) is 12.8 Å². The van der Waals surface area contributed by atoms with Gasteiger partial charge in [-0.1, -0.05) is 0 Å². The molecule has 0 saturated carbocycles. The number of aliphatic hydroxyl groups excluding tert-OH is 1. The summed E-state index contributed by atoms with van der Waals surface area (Å²) in [5.41, 5.74) is 7.22. The summed E-state index contributed by atoms with van der Waals surface area (Å²) < 4.78 is 1.66. The van der Waals surface area contributed by atoms with E-state index < -0.39 is 6.10 Å². The van der Waals surface area contributed by atoms with Crippen LogP contribution in [-0.2, 0) is 7.05 Å². The van der Waals surface area contributed by atoms with Crippen molar-refractivity contribution < 1.29 is 5.11 Å². The van der Waals surface area contributed by atoms with Crippen LogP contribution >= 0.6 is 0 Å². The van der Waals surface area contributed by atoms with E-state index in [1.165, 1.54) is 0 Å². The molecule has 0 aliphatic carbocycles. The second kappa shape index (κ2) is 3.25. The van der Waals surface area contributed by atoms with E-state index in [1.807, 2.05) is 13.0 Å². The highest BCUT2D eigenvalue weighted by Gasteiger charge is 2.16. The molecule has 4 nitrogen and oxygen atoms in total. The lowest BCUT2D eigenvalue weighted by Gasteiger charge is -2.13. The molecule has 0 radical (unpaired) electrons. The molecular formula is C8H15N3O. The lowest BCUT2D eigenvalue weighted by molar-refractivity contribution is 0.144. The Kier molecular flexibility index (Phi) is 2.49. The summed E-state index contributed by atoms with van der Waals surface area (Å²) in [4.78, 5) is 0. The fourth-order valence-electron chi connectivity index (χ4n) is 1.18. The van der Waals surface area contributed by atoms with Crippen molar-refractivity contribution in [3.8, 4) is 0 Å². The standard InChI is InChI=1S/C8H15N3O/c1-5-4-7(11(3)10-5)8(12)6(2)9/h4,6,8,12H,9H2,1-3H3. The monoisotopic (exact) mass is 169 g/mol. The lowest BCUT2D eigenvalue weighted by atomic mass is 10.1. The van der Waals surface area contributed by atoms with Gasteiger partial charge in [0, 0.05) is 13.1 Å². The van der Waals surface area contributed by atoms with Crippen molar-refractivity contribution in [1.82, 2.24) is 9.78 Å². The maximum absolute atomic E-state index is 9.61. The molecule has 12 heavy (non-hydrogen) atoms. The van der Waals surface area contributed by atoms with Crippen molar-refractivity contribution in [2.75, 3.05) is 0 Å². The second-order valence-corrected chi connectivity index (χ2v) is 3.14. The summed E-state index contributed by atoms with van der Waals surface area (Å²) in [6.45, 7) is 3.66. The second-order valence-electron chi connectivity index (χ2n) is 3.14. The minimum Gasteiger partial charge on any atom is -0.385 e. The van der Waals surface area contributed by atoms with Crippen molar-refractivity contribution in [3.63, 3.8) is 0 Å². The Balaban J connectivity index is 2.94. The first kappa shape index (κ1) is 9.22. The molecule has 1 aromatic heterocycles. The van der Waals surface area contributed by atoms with Crippen LogP contribution in [0.25, 0.3) is 0 Å². The van der Waals surface area contributed by atoms with E-state index in [2.05, 4.69) is 5.10 Å². The van der Waals surface area contributed by atoms with Crippen LogP contribution in [0.2, 0.25) is 0 Å². The molecule has 0 aliphatic rings. The van der Waals surface area contributed by atoms with Gasteiger partial charge in [0.1, 0.15) is 6.10 Å². The Morgan fingerprint density at radius 3 is 2.58 bits per heavy atom. The molecule has 0 saturated heterocycles. The van der Waals surface area contributed by atoms with Crippen LogP contribution in [0, 0.1) is 6.92 Å². The van der Waals surface area contributed by atoms with Gasteiger partial charge in [0.25, 0.3) is 0 Å². The number of nitrogens with two attached hydrogens (primary N) is 1. The molecule has 3 N–H and O–H groups in total. The zero-order valence-corrected chi connectivity index (χ0v) is 7.65. The molecule has 1 heterocycles. The average Bonchev–Trinajstić information content (AvgIpc) is 2.28. The number of hydrogen-bond donors (Lipinski definition) is 2. The maximum atomic E-state index is 9.61. The molecule has 0 fully saturated rings. The average molecular weight is 169 g/mol. The van der Waals surface area contributed by atoms with Crippen molar-refractivity contribution in [2.45, 2.75) is 26.0 Å². The first-order valence-corrected chi connectivity index (χ1v) is 3.96. The third-order valence-corrected chi connectivity index (χ3v) is 1.84. The molecule has 0 spiro atoms. The largest absolute Gasteiger partial charge is 0.385 e. The van der Waals surface area contributed by atoms with E-state index in [4.69, 9.17) is 5.73 Å². The molecule has 2 unspecified atom stereocenters. The molecule has 1 aromatic rings. The number of rotatable bonds is 2. The van der Waals surface area contributed by atoms with E-state index in [0.717, 1.165) is 11.4 Å². The third kappa shape index (κ3) is 1.65. The van der Waals surface area contributed by atoms with Gasteiger partial charge in [-0.25, -0.2) is 0 Å². The third-order valence-electron chi connectivity index (χ3n) is 1.84. The summed E-state index contributed by atoms with van der Waals surface area (Å²) in [6, 6.07) is 1.58. The fraction of sp³-hybridized carbons (Fsp3) is 0.625. The molecular weight excluding hydrogens is 154 g/mol. The summed E-state index contributed by atoms with van der Waals surface area (Å²) >= 11 is 0. The predicted octanol–water partition coefficient (Wildman–Crippen LogP) is 0.109. The Morgan fingerprint density at radius 1 is 1.67 bits per heavy atom. The van der Waals surface area contributed by atoms with E-state index in [-0.39, 0.29) is 6.04 Å². The van der Waals surface area contributed by atoms with Crippen LogP contribution in [-0.4, -0.2) is 20.9 Å². The van der Waals surface area contributed by atoms with Crippen LogP contribution in [0.15, 0.2) is 6.07 Å². The highest BCUT2D eigenvalue weighted by molar-refractivity contribution is 5.12. The molecule has 2 atom stereocenters. The van der Waals surface area contributed by atoms with Gasteiger partial charge in [-0.05, 0) is 19.9 Å². The van der Waals surface area contributed by atoms with Gasteiger partial charge >= 0.3 is 0 Å². The van der Waals surface area contributed by atoms with Gasteiger partial charge in [-0.15, -0.1) is 0 Å². The smallest absolute Gasteiger partial charge is 0.110 e. The van der Waals surface area contributed by atoms with E-state index >= 15 is 0 Å². The molecule has 0 bridgehead atoms. The Labute approximate surface area is 72.0 Å². The maximum Gasteiger partial charge on any atom is 0.110 e. The molecule has 68 valence electrons. The molecule has 0 aromatic carbocycles. The van der Waals surface area contributed by atoms with Crippen LogP contribution in [0.5, 0.6) is 0 Å². The number of aromatic nitrogens is 2. The molecule has 0 amide bonds. The van der Waals surface area contributed by atoms with Gasteiger partial charge in [0.05, 0.1) is 11.4 Å². The zero-order valence-electron chi connectivity index (χ0n) is 7.65. The quantitative estimate of drug-likeness (QED) is 0.660. The number of aryl methyl sites for hydroxylation is 2. The van der Waals surface area contributed by atoms with Crippen LogP contribution < -0.4 is 5.73 Å². The number of aliphatic hydroxyl groups is 1.